The van der Waals surface area contributed by atoms with Gasteiger partial charge in [0.1, 0.15) is 18.8 Å². The fourth-order valence-corrected chi connectivity index (χ4v) is 6.45. The fourth-order valence-electron chi connectivity index (χ4n) is 6.45. The predicted molar refractivity (Wildman–Crippen MR) is 109 cm³/mol. The van der Waals surface area contributed by atoms with Gasteiger partial charge in [0.25, 0.3) is 0 Å². The molecule has 1 spiro atoms. The normalized spacial score (nSPS) is 37.9. The van der Waals surface area contributed by atoms with E-state index in [4.69, 9.17) is 14.2 Å². The lowest BCUT2D eigenvalue weighted by atomic mass is 9.53. The number of piperidine rings is 1. The third-order valence-corrected chi connectivity index (χ3v) is 7.90. The van der Waals surface area contributed by atoms with Crippen LogP contribution < -0.4 is 9.47 Å². The van der Waals surface area contributed by atoms with Crippen LogP contribution in [0, 0.1) is 5.92 Å². The number of aliphatic hydroxyl groups excluding tert-OH is 1. The molecule has 0 aromatic heterocycles. The molecule has 5 aliphatic rings. The Labute approximate surface area is 172 Å². The van der Waals surface area contributed by atoms with Crippen LogP contribution in [0.2, 0.25) is 0 Å². The van der Waals surface area contributed by atoms with E-state index >= 15 is 0 Å². The molecule has 1 aromatic rings. The molecule has 2 saturated heterocycles. The van der Waals surface area contributed by atoms with Crippen molar-refractivity contribution in [2.45, 2.75) is 36.5 Å². The largest absolute Gasteiger partial charge is 0.488 e. The Kier molecular flexibility index (Phi) is 4.21. The van der Waals surface area contributed by atoms with Crippen molar-refractivity contribution in [3.05, 3.63) is 35.4 Å². The minimum atomic E-state index is -0.560. The number of aliphatic hydroxyl groups is 1. The topological polar surface area (TPSA) is 54.4 Å². The lowest BCUT2D eigenvalue weighted by molar-refractivity contribution is -0.0454. The van der Waals surface area contributed by atoms with Crippen molar-refractivity contribution in [3.63, 3.8) is 0 Å². The summed E-state index contributed by atoms with van der Waals surface area (Å²) in [5, 5.41) is 10.8. The van der Waals surface area contributed by atoms with Crippen LogP contribution in [0.5, 0.6) is 11.5 Å². The van der Waals surface area contributed by atoms with Crippen molar-refractivity contribution in [3.8, 4) is 11.5 Å². The SMILES string of the molecule is CN1CCC23c4c5ccc(OCCN6CCOCC6)c4OC2C(O)C=CC3C1C5. The first-order valence-electron chi connectivity index (χ1n) is 11.0. The van der Waals surface area contributed by atoms with E-state index in [0.717, 1.165) is 63.7 Å². The van der Waals surface area contributed by atoms with Crippen molar-refractivity contribution in [2.75, 3.05) is 53.0 Å². The van der Waals surface area contributed by atoms with E-state index < -0.39 is 6.10 Å². The zero-order chi connectivity index (χ0) is 19.6. The lowest BCUT2D eigenvalue weighted by Gasteiger charge is -2.56. The second-order valence-electron chi connectivity index (χ2n) is 9.21. The first kappa shape index (κ1) is 18.2. The van der Waals surface area contributed by atoms with Crippen LogP contribution in [0.1, 0.15) is 17.5 Å². The number of hydrogen-bond acceptors (Lipinski definition) is 6. The quantitative estimate of drug-likeness (QED) is 0.770. The van der Waals surface area contributed by atoms with Gasteiger partial charge in [-0.3, -0.25) is 4.90 Å². The van der Waals surface area contributed by atoms with Gasteiger partial charge in [-0.1, -0.05) is 18.2 Å². The molecule has 6 rings (SSSR count). The molecule has 5 atom stereocenters. The van der Waals surface area contributed by atoms with Crippen LogP contribution in [0.3, 0.4) is 0 Å². The van der Waals surface area contributed by atoms with Crippen molar-refractivity contribution in [1.29, 1.82) is 0 Å². The number of benzene rings is 1. The van der Waals surface area contributed by atoms with Gasteiger partial charge in [-0.15, -0.1) is 0 Å². The van der Waals surface area contributed by atoms with Gasteiger partial charge in [0.15, 0.2) is 11.5 Å². The molecular weight excluding hydrogens is 368 g/mol. The van der Waals surface area contributed by atoms with Crippen LogP contribution in [-0.4, -0.2) is 86.2 Å². The number of likely N-dealkylation sites (N-methyl/N-ethyl adjacent to an activating group) is 1. The van der Waals surface area contributed by atoms with E-state index in [0.29, 0.717) is 18.6 Å². The summed E-state index contributed by atoms with van der Waals surface area (Å²) in [7, 11) is 2.23. The smallest absolute Gasteiger partial charge is 0.165 e. The average molecular weight is 399 g/mol. The molecule has 156 valence electrons. The fraction of sp³-hybridized carbons (Fsp3) is 0.652. The molecule has 2 fully saturated rings. The van der Waals surface area contributed by atoms with E-state index in [2.05, 4.69) is 35.1 Å². The molecule has 2 aliphatic carbocycles. The molecule has 0 amide bonds. The lowest BCUT2D eigenvalue weighted by Crippen LogP contribution is -2.64. The van der Waals surface area contributed by atoms with Gasteiger partial charge in [-0.25, -0.2) is 0 Å². The maximum absolute atomic E-state index is 10.8. The molecule has 2 bridgehead atoms. The molecular formula is C23H30N2O4. The molecule has 1 N–H and O–H groups in total. The number of ether oxygens (including phenoxy) is 3. The minimum Gasteiger partial charge on any atom is -0.488 e. The second kappa shape index (κ2) is 6.71. The van der Waals surface area contributed by atoms with Crippen LogP contribution in [0.25, 0.3) is 0 Å². The van der Waals surface area contributed by atoms with Crippen molar-refractivity contribution < 1.29 is 19.3 Å². The van der Waals surface area contributed by atoms with Crippen LogP contribution in [0.15, 0.2) is 24.3 Å². The van der Waals surface area contributed by atoms with Crippen LogP contribution >= 0.6 is 0 Å². The van der Waals surface area contributed by atoms with E-state index in [-0.39, 0.29) is 11.5 Å². The summed E-state index contributed by atoms with van der Waals surface area (Å²) in [5.41, 5.74) is 2.58. The summed E-state index contributed by atoms with van der Waals surface area (Å²) >= 11 is 0. The highest BCUT2D eigenvalue weighted by atomic mass is 16.5. The number of rotatable bonds is 4. The highest BCUT2D eigenvalue weighted by Crippen LogP contribution is 2.62. The first-order chi connectivity index (χ1) is 14.2. The number of morpholine rings is 1. The minimum absolute atomic E-state index is 0.113. The Balaban J connectivity index is 1.33. The average Bonchev–Trinajstić information content (AvgIpc) is 3.09. The molecule has 6 heteroatoms. The van der Waals surface area contributed by atoms with Gasteiger partial charge in [-0.2, -0.15) is 0 Å². The van der Waals surface area contributed by atoms with E-state index in [9.17, 15) is 5.11 Å². The van der Waals surface area contributed by atoms with Crippen molar-refractivity contribution in [1.82, 2.24) is 9.80 Å². The molecule has 0 radical (unpaired) electrons. The van der Waals surface area contributed by atoms with Crippen molar-refractivity contribution in [2.24, 2.45) is 5.92 Å². The zero-order valence-corrected chi connectivity index (χ0v) is 17.0. The number of hydrogen-bond donors (Lipinski definition) is 1. The summed E-state index contributed by atoms with van der Waals surface area (Å²) in [5.74, 6) is 2.13. The Morgan fingerprint density at radius 1 is 1.21 bits per heavy atom. The highest BCUT2D eigenvalue weighted by Gasteiger charge is 2.64. The van der Waals surface area contributed by atoms with Gasteiger partial charge in [-0.05, 0) is 38.1 Å². The Morgan fingerprint density at radius 3 is 2.93 bits per heavy atom. The molecule has 6 nitrogen and oxygen atoms in total. The third kappa shape index (κ3) is 2.56. The second-order valence-corrected chi connectivity index (χ2v) is 9.21. The molecule has 1 aromatic carbocycles. The van der Waals surface area contributed by atoms with Gasteiger partial charge in [0, 0.05) is 42.6 Å². The number of likely N-dealkylation sites (tertiary alicyclic amines) is 1. The van der Waals surface area contributed by atoms with Gasteiger partial charge < -0.3 is 24.2 Å². The maximum atomic E-state index is 10.8. The maximum Gasteiger partial charge on any atom is 0.165 e. The Morgan fingerprint density at radius 2 is 2.07 bits per heavy atom. The van der Waals surface area contributed by atoms with Crippen molar-refractivity contribution >= 4 is 0 Å². The predicted octanol–water partition coefficient (Wildman–Crippen LogP) is 1.20. The summed E-state index contributed by atoms with van der Waals surface area (Å²) in [4.78, 5) is 4.87. The first-order valence-corrected chi connectivity index (χ1v) is 11.0. The molecule has 29 heavy (non-hydrogen) atoms. The van der Waals surface area contributed by atoms with Crippen LogP contribution in [-0.2, 0) is 16.6 Å². The summed E-state index contributed by atoms with van der Waals surface area (Å²) < 4.78 is 18.2. The highest BCUT2D eigenvalue weighted by molar-refractivity contribution is 5.62. The van der Waals surface area contributed by atoms with Crippen LogP contribution in [0.4, 0.5) is 0 Å². The molecule has 3 aliphatic heterocycles. The third-order valence-electron chi connectivity index (χ3n) is 7.90. The summed E-state index contributed by atoms with van der Waals surface area (Å²) in [6.45, 7) is 6.13. The standard InChI is InChI=1S/C23H30N2O4/c1-24-7-6-23-16-3-4-18(26)22(23)29-21-19(5-2-15(20(21)23)14-17(16)24)28-13-10-25-8-11-27-12-9-25/h2-5,16-18,22,26H,6-14H2,1H3. The van der Waals surface area contributed by atoms with E-state index in [1.54, 1.807) is 0 Å². The van der Waals surface area contributed by atoms with Gasteiger partial charge >= 0.3 is 0 Å². The van der Waals surface area contributed by atoms with Gasteiger partial charge in [0.2, 0.25) is 0 Å². The Bertz CT molecular complexity index is 836. The summed E-state index contributed by atoms with van der Waals surface area (Å²) in [6, 6.07) is 4.80. The van der Waals surface area contributed by atoms with E-state index in [1.165, 1.54) is 11.1 Å². The molecule has 3 heterocycles. The van der Waals surface area contributed by atoms with E-state index in [1.807, 2.05) is 6.08 Å². The zero-order valence-electron chi connectivity index (χ0n) is 17.0. The number of nitrogens with zero attached hydrogens (tertiary/aromatic N) is 2. The van der Waals surface area contributed by atoms with Gasteiger partial charge in [0.05, 0.1) is 13.2 Å². The Hall–Kier alpha value is -1.60. The monoisotopic (exact) mass is 398 g/mol. The molecule has 0 saturated carbocycles. The molecule has 5 unspecified atom stereocenters. The summed E-state index contributed by atoms with van der Waals surface area (Å²) in [6.07, 6.45) is 5.51.